The van der Waals surface area contributed by atoms with Crippen molar-refractivity contribution in [2.45, 2.75) is 25.7 Å². The van der Waals surface area contributed by atoms with E-state index in [2.05, 4.69) is 11.1 Å². The number of fused-ring (bicyclic) bond motifs is 1. The van der Waals surface area contributed by atoms with E-state index in [1.165, 1.54) is 24.3 Å². The molecule has 0 radical (unpaired) electrons. The van der Waals surface area contributed by atoms with Crippen LogP contribution in [-0.4, -0.2) is 23.5 Å². The van der Waals surface area contributed by atoms with Crippen LogP contribution in [0.1, 0.15) is 32.6 Å². The number of ether oxygens (including phenoxy) is 1. The van der Waals surface area contributed by atoms with E-state index in [0.717, 1.165) is 22.4 Å². The van der Waals surface area contributed by atoms with Crippen molar-refractivity contribution in [3.05, 3.63) is 94.5 Å². The molecule has 8 heteroatoms. The lowest BCUT2D eigenvalue weighted by molar-refractivity contribution is 0.0696. The number of nitrogens with zero attached hydrogens (tertiary/aromatic N) is 2. The maximum Gasteiger partial charge on any atom is 0.335 e. The minimum Gasteiger partial charge on any atom is -0.486 e. The van der Waals surface area contributed by atoms with Crippen LogP contribution in [0.15, 0.2) is 71.7 Å². The molecule has 0 bridgehead atoms. The normalized spacial score (nSPS) is 13.3. The van der Waals surface area contributed by atoms with E-state index in [1.54, 1.807) is 27.4 Å². The SMILES string of the molecule is Cc1ccc2c(c1)N(Cc1cccc(C(F)(F)P)c1)C(COc1ccc(C(=O)O)cc1)=NC2. The van der Waals surface area contributed by atoms with Gasteiger partial charge in [0.15, 0.2) is 0 Å². The number of hydrogen-bond donors (Lipinski definition) is 1. The van der Waals surface area contributed by atoms with Crippen LogP contribution < -0.4 is 9.64 Å². The number of carboxylic acids is 1. The Balaban J connectivity index is 1.60. The molecule has 0 saturated carbocycles. The Bertz CT molecular complexity index is 1210. The van der Waals surface area contributed by atoms with E-state index in [-0.39, 0.29) is 17.7 Å². The molecule has 0 saturated heterocycles. The monoisotopic (exact) mass is 468 g/mol. The highest BCUT2D eigenvalue weighted by Gasteiger charge is 2.26. The van der Waals surface area contributed by atoms with Gasteiger partial charge in [0.2, 0.25) is 0 Å². The van der Waals surface area contributed by atoms with Gasteiger partial charge in [-0.3, -0.25) is 4.99 Å². The lowest BCUT2D eigenvalue weighted by Gasteiger charge is -2.32. The highest BCUT2D eigenvalue weighted by molar-refractivity contribution is 7.17. The van der Waals surface area contributed by atoms with Gasteiger partial charge < -0.3 is 14.7 Å². The second-order valence-electron chi connectivity index (χ2n) is 7.89. The summed E-state index contributed by atoms with van der Waals surface area (Å²) in [5.41, 5.74) is 0.913. The molecule has 1 heterocycles. The molecule has 5 nitrogen and oxygen atoms in total. The van der Waals surface area contributed by atoms with Gasteiger partial charge in [-0.1, -0.05) is 39.6 Å². The summed E-state index contributed by atoms with van der Waals surface area (Å²) in [5, 5.41) is 9.05. The second kappa shape index (κ2) is 9.28. The van der Waals surface area contributed by atoms with Gasteiger partial charge in [-0.2, -0.15) is 8.78 Å². The highest BCUT2D eigenvalue weighted by atomic mass is 31.0. The zero-order valence-electron chi connectivity index (χ0n) is 18.0. The molecule has 1 unspecified atom stereocenters. The van der Waals surface area contributed by atoms with Crippen LogP contribution in [0.3, 0.4) is 0 Å². The molecule has 1 aliphatic rings. The summed E-state index contributed by atoms with van der Waals surface area (Å²) >= 11 is 0. The van der Waals surface area contributed by atoms with Gasteiger partial charge in [0, 0.05) is 17.8 Å². The van der Waals surface area contributed by atoms with Crippen molar-refractivity contribution < 1.29 is 23.4 Å². The summed E-state index contributed by atoms with van der Waals surface area (Å²) in [6.45, 7) is 3.00. The Labute approximate surface area is 192 Å². The summed E-state index contributed by atoms with van der Waals surface area (Å²) in [4.78, 5) is 17.7. The molecule has 4 rings (SSSR count). The van der Waals surface area contributed by atoms with Gasteiger partial charge in [0.05, 0.1) is 12.1 Å². The number of carbonyl (C=O) groups is 1. The zero-order chi connectivity index (χ0) is 23.6. The van der Waals surface area contributed by atoms with Gasteiger partial charge in [-0.15, -0.1) is 0 Å². The molecule has 0 fully saturated rings. The Morgan fingerprint density at radius 1 is 1.15 bits per heavy atom. The zero-order valence-corrected chi connectivity index (χ0v) is 19.1. The number of benzene rings is 3. The van der Waals surface area contributed by atoms with E-state index in [9.17, 15) is 13.6 Å². The van der Waals surface area contributed by atoms with Crippen molar-refractivity contribution in [3.63, 3.8) is 0 Å². The molecule has 3 aromatic rings. The summed E-state index contributed by atoms with van der Waals surface area (Å²) in [5.74, 6) is 0.176. The first-order valence-electron chi connectivity index (χ1n) is 10.3. The molecule has 0 spiro atoms. The summed E-state index contributed by atoms with van der Waals surface area (Å²) in [6.07, 6.45) is 0. The van der Waals surface area contributed by atoms with E-state index >= 15 is 0 Å². The summed E-state index contributed by atoms with van der Waals surface area (Å²) < 4.78 is 33.6. The third-order valence-electron chi connectivity index (χ3n) is 5.40. The van der Waals surface area contributed by atoms with Crippen LogP contribution in [0.4, 0.5) is 14.5 Å². The van der Waals surface area contributed by atoms with Crippen molar-refractivity contribution >= 4 is 26.7 Å². The number of anilines is 1. The summed E-state index contributed by atoms with van der Waals surface area (Å²) in [6, 6.07) is 18.6. The quantitative estimate of drug-likeness (QED) is 0.458. The molecule has 1 atom stereocenters. The fraction of sp³-hybridized carbons (Fsp3) is 0.200. The average Bonchev–Trinajstić information content (AvgIpc) is 2.78. The number of alkyl halides is 2. The van der Waals surface area contributed by atoms with Gasteiger partial charge >= 0.3 is 5.97 Å². The van der Waals surface area contributed by atoms with Crippen molar-refractivity contribution in [3.8, 4) is 5.75 Å². The van der Waals surface area contributed by atoms with Crippen LogP contribution in [0.2, 0.25) is 0 Å². The number of aromatic carboxylic acids is 1. The predicted octanol–water partition coefficient (Wildman–Crippen LogP) is 5.62. The molecular formula is C25H23F2N2O3P. The number of rotatable bonds is 7. The van der Waals surface area contributed by atoms with Gasteiger partial charge in [0.1, 0.15) is 18.2 Å². The van der Waals surface area contributed by atoms with E-state index in [1.807, 2.05) is 30.0 Å². The van der Waals surface area contributed by atoms with Crippen molar-refractivity contribution in [2.24, 2.45) is 4.99 Å². The first-order chi connectivity index (χ1) is 15.7. The smallest absolute Gasteiger partial charge is 0.335 e. The number of aliphatic imine (C=N–C) groups is 1. The van der Waals surface area contributed by atoms with Crippen LogP contribution >= 0.6 is 9.24 Å². The Kier molecular flexibility index (Phi) is 6.43. The Morgan fingerprint density at radius 3 is 2.61 bits per heavy atom. The first-order valence-corrected chi connectivity index (χ1v) is 10.9. The maximum atomic E-state index is 13.8. The highest BCUT2D eigenvalue weighted by Crippen LogP contribution is 2.36. The molecule has 33 heavy (non-hydrogen) atoms. The molecule has 1 aliphatic heterocycles. The number of hydrogen-bond acceptors (Lipinski definition) is 4. The molecule has 170 valence electrons. The molecule has 3 aromatic carbocycles. The Hall–Kier alpha value is -3.31. The van der Waals surface area contributed by atoms with Crippen LogP contribution in [-0.2, 0) is 18.8 Å². The van der Waals surface area contributed by atoms with Crippen LogP contribution in [0.25, 0.3) is 0 Å². The summed E-state index contributed by atoms with van der Waals surface area (Å²) in [7, 11) is 1.58. The molecule has 0 amide bonds. The molecule has 0 aliphatic carbocycles. The number of halogens is 2. The minimum atomic E-state index is -3.01. The Morgan fingerprint density at radius 2 is 1.91 bits per heavy atom. The van der Waals surface area contributed by atoms with Crippen LogP contribution in [0.5, 0.6) is 5.75 Å². The number of amidine groups is 1. The minimum absolute atomic E-state index is 0.0697. The lowest BCUT2D eigenvalue weighted by atomic mass is 10.0. The van der Waals surface area contributed by atoms with Gasteiger partial charge in [-0.05, 0) is 60.0 Å². The third-order valence-corrected chi connectivity index (χ3v) is 5.73. The van der Waals surface area contributed by atoms with Crippen molar-refractivity contribution in [1.29, 1.82) is 0 Å². The fourth-order valence-corrected chi connectivity index (χ4v) is 3.84. The first kappa shape index (κ1) is 22.9. The topological polar surface area (TPSA) is 62.1 Å². The molecule has 1 N–H and O–H groups in total. The van der Waals surface area contributed by atoms with E-state index in [0.29, 0.717) is 24.7 Å². The van der Waals surface area contributed by atoms with Gasteiger partial charge in [-0.25, -0.2) is 4.79 Å². The average molecular weight is 468 g/mol. The second-order valence-corrected chi connectivity index (χ2v) is 8.62. The van der Waals surface area contributed by atoms with E-state index in [4.69, 9.17) is 9.84 Å². The predicted molar refractivity (Wildman–Crippen MR) is 127 cm³/mol. The third kappa shape index (κ3) is 5.37. The fourth-order valence-electron chi connectivity index (χ4n) is 3.66. The van der Waals surface area contributed by atoms with Gasteiger partial charge in [0.25, 0.3) is 5.66 Å². The number of carboxylic acid groups (broad SMARTS) is 1. The molecular weight excluding hydrogens is 445 g/mol. The van der Waals surface area contributed by atoms with Crippen LogP contribution in [0, 0.1) is 6.92 Å². The van der Waals surface area contributed by atoms with Crippen molar-refractivity contribution in [2.75, 3.05) is 11.5 Å². The van der Waals surface area contributed by atoms with Crippen molar-refractivity contribution in [1.82, 2.24) is 0 Å². The largest absolute Gasteiger partial charge is 0.486 e. The standard InChI is InChI=1S/C25H23F2N2O3P/c1-16-5-6-19-13-28-23(15-32-21-9-7-18(8-10-21)24(30)31)29(22(19)11-16)14-17-3-2-4-20(12-17)25(26,27)33/h2-12H,13-15,33H2,1H3,(H,30,31). The molecule has 0 aromatic heterocycles. The van der Waals surface area contributed by atoms with E-state index < -0.39 is 11.6 Å². The maximum absolute atomic E-state index is 13.8. The number of aryl methyl sites for hydroxylation is 1. The lowest BCUT2D eigenvalue weighted by Crippen LogP contribution is -2.37.